The van der Waals surface area contributed by atoms with Gasteiger partial charge in [-0.3, -0.25) is 4.79 Å². The molecule has 1 amide bonds. The minimum Gasteiger partial charge on any atom is -0.449 e. The predicted octanol–water partition coefficient (Wildman–Crippen LogP) is 3.96. The van der Waals surface area contributed by atoms with Crippen molar-refractivity contribution in [3.8, 4) is 0 Å². The van der Waals surface area contributed by atoms with Crippen LogP contribution in [-0.4, -0.2) is 46.8 Å². The number of benzene rings is 2. The Kier molecular flexibility index (Phi) is 5.62. The Hall–Kier alpha value is -2.55. The van der Waals surface area contributed by atoms with Crippen LogP contribution >= 0.6 is 11.6 Å². The van der Waals surface area contributed by atoms with Gasteiger partial charge in [0.15, 0.2) is 11.3 Å². The van der Waals surface area contributed by atoms with Crippen LogP contribution < -0.4 is 10.2 Å². The van der Waals surface area contributed by atoms with E-state index in [9.17, 15) is 13.2 Å². The van der Waals surface area contributed by atoms with Crippen LogP contribution in [0.3, 0.4) is 0 Å². The number of carbonyl (C=O) groups excluding carboxylic acids is 1. The van der Waals surface area contributed by atoms with Crippen molar-refractivity contribution < 1.29 is 17.6 Å². The fourth-order valence-electron chi connectivity index (χ4n) is 2.98. The average molecular weight is 436 g/mol. The standard InChI is InChI=1S/C20H22ClN3O4S/c1-12-14-7-6-8-15(21)19(14)28-18(12)20(25)22-16-11-13(29(26,27)24(4)5)9-10-17(16)23(2)3/h6-11H,1-5H3,(H,22,25). The van der Waals surface area contributed by atoms with Gasteiger partial charge in [0.25, 0.3) is 5.91 Å². The fraction of sp³-hybridized carbons (Fsp3) is 0.250. The number of furan rings is 1. The number of para-hydroxylation sites is 1. The number of nitrogens with one attached hydrogen (secondary N) is 1. The second-order valence-electron chi connectivity index (χ2n) is 6.99. The first-order valence-electron chi connectivity index (χ1n) is 8.77. The number of anilines is 2. The van der Waals surface area contributed by atoms with Gasteiger partial charge in [0.1, 0.15) is 0 Å². The summed E-state index contributed by atoms with van der Waals surface area (Å²) >= 11 is 6.17. The van der Waals surface area contributed by atoms with Crippen LogP contribution in [0.15, 0.2) is 45.7 Å². The molecule has 2 aromatic carbocycles. The minimum atomic E-state index is -3.65. The van der Waals surface area contributed by atoms with E-state index in [1.54, 1.807) is 44.1 Å². The third kappa shape index (κ3) is 3.83. The smallest absolute Gasteiger partial charge is 0.291 e. The van der Waals surface area contributed by atoms with Crippen molar-refractivity contribution in [3.05, 3.63) is 52.7 Å². The van der Waals surface area contributed by atoms with Crippen LogP contribution in [0.1, 0.15) is 16.1 Å². The van der Waals surface area contributed by atoms with Crippen molar-refractivity contribution >= 4 is 49.9 Å². The van der Waals surface area contributed by atoms with E-state index in [-0.39, 0.29) is 10.7 Å². The zero-order valence-corrected chi connectivity index (χ0v) is 18.4. The highest BCUT2D eigenvalue weighted by atomic mass is 35.5. The summed E-state index contributed by atoms with van der Waals surface area (Å²) < 4.78 is 31.8. The lowest BCUT2D eigenvalue weighted by Gasteiger charge is -2.20. The van der Waals surface area contributed by atoms with Crippen LogP contribution in [0.25, 0.3) is 11.0 Å². The maximum absolute atomic E-state index is 13.0. The van der Waals surface area contributed by atoms with Crippen LogP contribution in [0, 0.1) is 6.92 Å². The number of hydrogen-bond acceptors (Lipinski definition) is 5. The molecule has 29 heavy (non-hydrogen) atoms. The van der Waals surface area contributed by atoms with Crippen molar-refractivity contribution in [2.75, 3.05) is 38.4 Å². The summed E-state index contributed by atoms with van der Waals surface area (Å²) in [5.41, 5.74) is 2.11. The molecule has 9 heteroatoms. The first kappa shape index (κ1) is 21.2. The molecule has 0 saturated carbocycles. The predicted molar refractivity (Wildman–Crippen MR) is 116 cm³/mol. The molecule has 0 aliphatic carbocycles. The molecular weight excluding hydrogens is 414 g/mol. The number of fused-ring (bicyclic) bond motifs is 1. The van der Waals surface area contributed by atoms with E-state index in [0.29, 0.717) is 27.5 Å². The lowest BCUT2D eigenvalue weighted by Crippen LogP contribution is -2.23. The molecule has 0 spiro atoms. The number of nitrogens with zero attached hydrogens (tertiary/aromatic N) is 2. The van der Waals surface area contributed by atoms with Gasteiger partial charge in [-0.2, -0.15) is 0 Å². The van der Waals surface area contributed by atoms with Crippen molar-refractivity contribution in [1.29, 1.82) is 0 Å². The quantitative estimate of drug-likeness (QED) is 0.655. The van der Waals surface area contributed by atoms with Gasteiger partial charge in [-0.15, -0.1) is 0 Å². The van der Waals surface area contributed by atoms with Crippen molar-refractivity contribution in [1.82, 2.24) is 4.31 Å². The van der Waals surface area contributed by atoms with Crippen LogP contribution in [0.4, 0.5) is 11.4 Å². The molecular formula is C20H22ClN3O4S. The monoisotopic (exact) mass is 435 g/mol. The molecule has 1 aromatic heterocycles. The van der Waals surface area contributed by atoms with Gasteiger partial charge >= 0.3 is 0 Å². The van der Waals surface area contributed by atoms with Gasteiger partial charge in [-0.1, -0.05) is 23.7 Å². The van der Waals surface area contributed by atoms with Crippen LogP contribution in [-0.2, 0) is 10.0 Å². The zero-order chi connectivity index (χ0) is 21.5. The number of sulfonamides is 1. The summed E-state index contributed by atoms with van der Waals surface area (Å²) in [5.74, 6) is -0.365. The highest BCUT2D eigenvalue weighted by Gasteiger charge is 2.23. The van der Waals surface area contributed by atoms with E-state index in [1.807, 2.05) is 6.07 Å². The molecule has 3 rings (SSSR count). The number of carbonyl (C=O) groups is 1. The summed E-state index contributed by atoms with van der Waals surface area (Å²) in [4.78, 5) is 14.8. The molecule has 0 bridgehead atoms. The molecule has 7 nitrogen and oxygen atoms in total. The molecule has 0 atom stereocenters. The summed E-state index contributed by atoms with van der Waals surface area (Å²) in [5, 5.41) is 3.94. The molecule has 1 N–H and O–H groups in total. The highest BCUT2D eigenvalue weighted by molar-refractivity contribution is 7.89. The normalized spacial score (nSPS) is 11.8. The Morgan fingerprint density at radius 1 is 1.10 bits per heavy atom. The number of rotatable bonds is 5. The number of halogens is 1. The second-order valence-corrected chi connectivity index (χ2v) is 9.55. The Morgan fingerprint density at radius 3 is 2.38 bits per heavy atom. The molecule has 0 radical (unpaired) electrons. The summed E-state index contributed by atoms with van der Waals surface area (Å²) in [6, 6.07) is 9.89. The molecule has 0 unspecified atom stereocenters. The van der Waals surface area contributed by atoms with Crippen LogP contribution in [0.5, 0.6) is 0 Å². The number of amides is 1. The Labute approximate surface area is 174 Å². The third-order valence-electron chi connectivity index (χ3n) is 4.60. The number of aryl methyl sites for hydroxylation is 1. The fourth-order valence-corrected chi connectivity index (χ4v) is 4.12. The molecule has 3 aromatic rings. The number of hydrogen-bond donors (Lipinski definition) is 1. The minimum absolute atomic E-state index is 0.0766. The Morgan fingerprint density at radius 2 is 1.79 bits per heavy atom. The first-order valence-corrected chi connectivity index (χ1v) is 10.6. The summed E-state index contributed by atoms with van der Waals surface area (Å²) in [7, 11) is 2.86. The van der Waals surface area contributed by atoms with Crippen molar-refractivity contribution in [2.45, 2.75) is 11.8 Å². The van der Waals surface area contributed by atoms with Gasteiger partial charge in [0.2, 0.25) is 10.0 Å². The maximum Gasteiger partial charge on any atom is 0.291 e. The zero-order valence-electron chi connectivity index (χ0n) is 16.8. The molecule has 0 fully saturated rings. The molecule has 0 aliphatic rings. The van der Waals surface area contributed by atoms with E-state index in [2.05, 4.69) is 5.32 Å². The first-order chi connectivity index (χ1) is 13.5. The van der Waals surface area contributed by atoms with Gasteiger partial charge in [0, 0.05) is 39.1 Å². The lowest BCUT2D eigenvalue weighted by atomic mass is 10.1. The molecule has 1 heterocycles. The maximum atomic E-state index is 13.0. The van der Waals surface area contributed by atoms with Gasteiger partial charge in [0.05, 0.1) is 21.3 Å². The third-order valence-corrected chi connectivity index (χ3v) is 6.71. The highest BCUT2D eigenvalue weighted by Crippen LogP contribution is 2.33. The van der Waals surface area contributed by atoms with Gasteiger partial charge in [-0.05, 0) is 31.2 Å². The second kappa shape index (κ2) is 7.70. The molecule has 0 aliphatic heterocycles. The van der Waals surface area contributed by atoms with Gasteiger partial charge in [-0.25, -0.2) is 12.7 Å². The van der Waals surface area contributed by atoms with E-state index in [1.165, 1.54) is 26.2 Å². The van der Waals surface area contributed by atoms with Gasteiger partial charge < -0.3 is 14.6 Å². The summed E-state index contributed by atoms with van der Waals surface area (Å²) in [6.07, 6.45) is 0. The average Bonchev–Trinajstić information content (AvgIpc) is 2.99. The van der Waals surface area contributed by atoms with E-state index in [0.717, 1.165) is 9.69 Å². The Balaban J connectivity index is 2.06. The van der Waals surface area contributed by atoms with Crippen LogP contribution in [0.2, 0.25) is 5.02 Å². The van der Waals surface area contributed by atoms with E-state index < -0.39 is 15.9 Å². The van der Waals surface area contributed by atoms with Crippen molar-refractivity contribution in [2.24, 2.45) is 0 Å². The molecule has 0 saturated heterocycles. The van der Waals surface area contributed by atoms with Crippen molar-refractivity contribution in [3.63, 3.8) is 0 Å². The topological polar surface area (TPSA) is 82.9 Å². The SMILES string of the molecule is Cc1c(C(=O)Nc2cc(S(=O)(=O)N(C)C)ccc2N(C)C)oc2c(Cl)cccc12. The van der Waals surface area contributed by atoms with E-state index >= 15 is 0 Å². The lowest BCUT2D eigenvalue weighted by molar-refractivity contribution is 0.0998. The summed E-state index contributed by atoms with van der Waals surface area (Å²) in [6.45, 7) is 1.77. The Bertz CT molecular complexity index is 1200. The van der Waals surface area contributed by atoms with E-state index in [4.69, 9.17) is 16.0 Å². The molecule has 154 valence electrons. The largest absolute Gasteiger partial charge is 0.449 e.